The van der Waals surface area contributed by atoms with Crippen LogP contribution in [0.15, 0.2) is 30.9 Å². The Morgan fingerprint density at radius 3 is 3.18 bits per heavy atom. The quantitative estimate of drug-likeness (QED) is 0.758. The first kappa shape index (κ1) is 13.3. The van der Waals surface area contributed by atoms with E-state index in [1.165, 1.54) is 6.33 Å². The number of benzene rings is 1. The summed E-state index contributed by atoms with van der Waals surface area (Å²) in [5, 5.41) is 4.16. The summed E-state index contributed by atoms with van der Waals surface area (Å²) in [4.78, 5) is 15.7. The largest absolute Gasteiger partial charge is 0.493 e. The van der Waals surface area contributed by atoms with Gasteiger partial charge in [0.1, 0.15) is 17.6 Å². The fourth-order valence-corrected chi connectivity index (χ4v) is 2.90. The summed E-state index contributed by atoms with van der Waals surface area (Å²) in [6.45, 7) is 0.689. The molecule has 0 amide bonds. The Morgan fingerprint density at radius 1 is 1.27 bits per heavy atom. The van der Waals surface area contributed by atoms with Gasteiger partial charge in [-0.25, -0.2) is 15.0 Å². The van der Waals surface area contributed by atoms with Gasteiger partial charge in [0, 0.05) is 10.6 Å². The zero-order valence-electron chi connectivity index (χ0n) is 11.7. The predicted octanol–water partition coefficient (Wildman–Crippen LogP) is 3.33. The standard InChI is InChI=1S/C15H14ClN5O/c16-9-3-4-10-11(2-1-5-22-12(10)6-9)21-15-13-14(18-7-17-13)19-8-20-15/h3-4,6-8,11H,1-2,5H2,(H2,17,18,19,20,21). The lowest BCUT2D eigenvalue weighted by Crippen LogP contribution is -2.11. The van der Waals surface area contributed by atoms with E-state index in [4.69, 9.17) is 16.3 Å². The van der Waals surface area contributed by atoms with Gasteiger partial charge in [0.2, 0.25) is 0 Å². The first-order valence-corrected chi connectivity index (χ1v) is 7.52. The Morgan fingerprint density at radius 2 is 2.23 bits per heavy atom. The molecule has 3 heterocycles. The summed E-state index contributed by atoms with van der Waals surface area (Å²) < 4.78 is 5.79. The number of H-pyrrole nitrogens is 1. The van der Waals surface area contributed by atoms with Crippen molar-refractivity contribution >= 4 is 28.6 Å². The van der Waals surface area contributed by atoms with Crippen LogP contribution in [-0.4, -0.2) is 26.5 Å². The molecule has 0 radical (unpaired) electrons. The van der Waals surface area contributed by atoms with Crippen LogP contribution in [0.4, 0.5) is 5.82 Å². The Hall–Kier alpha value is -2.34. The summed E-state index contributed by atoms with van der Waals surface area (Å²) in [6.07, 6.45) is 5.05. The highest BCUT2D eigenvalue weighted by atomic mass is 35.5. The van der Waals surface area contributed by atoms with E-state index < -0.39 is 0 Å². The van der Waals surface area contributed by atoms with Crippen molar-refractivity contribution in [1.29, 1.82) is 0 Å². The summed E-state index contributed by atoms with van der Waals surface area (Å²) >= 11 is 6.07. The van der Waals surface area contributed by atoms with Crippen molar-refractivity contribution in [3.8, 4) is 5.75 Å². The number of fused-ring (bicyclic) bond motifs is 2. The van der Waals surface area contributed by atoms with Crippen LogP contribution < -0.4 is 10.1 Å². The normalized spacial score (nSPS) is 17.6. The monoisotopic (exact) mass is 315 g/mol. The number of anilines is 1. The minimum absolute atomic E-state index is 0.108. The summed E-state index contributed by atoms with van der Waals surface area (Å²) in [6, 6.07) is 5.86. The molecule has 0 saturated heterocycles. The molecule has 112 valence electrons. The smallest absolute Gasteiger partial charge is 0.182 e. The SMILES string of the molecule is Clc1ccc2c(c1)OCCCC2Nc1ncnc2nc[nH]c12. The molecule has 1 aliphatic rings. The molecular weight excluding hydrogens is 302 g/mol. The molecule has 7 heteroatoms. The molecule has 22 heavy (non-hydrogen) atoms. The second kappa shape index (κ2) is 5.46. The van der Waals surface area contributed by atoms with Crippen molar-refractivity contribution in [1.82, 2.24) is 19.9 Å². The average Bonchev–Trinajstić information content (AvgIpc) is 2.92. The van der Waals surface area contributed by atoms with Crippen molar-refractivity contribution in [3.63, 3.8) is 0 Å². The van der Waals surface area contributed by atoms with E-state index in [9.17, 15) is 0 Å². The Labute approximate surface area is 131 Å². The number of hydrogen-bond acceptors (Lipinski definition) is 5. The molecule has 1 unspecified atom stereocenters. The third-order valence-electron chi connectivity index (χ3n) is 3.78. The van der Waals surface area contributed by atoms with Gasteiger partial charge in [-0.05, 0) is 25.0 Å². The minimum Gasteiger partial charge on any atom is -0.493 e. The van der Waals surface area contributed by atoms with Gasteiger partial charge < -0.3 is 15.0 Å². The number of ether oxygens (including phenoxy) is 1. The van der Waals surface area contributed by atoms with Gasteiger partial charge in [0.25, 0.3) is 0 Å². The molecule has 6 nitrogen and oxygen atoms in total. The van der Waals surface area contributed by atoms with Gasteiger partial charge in [-0.3, -0.25) is 0 Å². The summed E-state index contributed by atoms with van der Waals surface area (Å²) in [5.74, 6) is 1.58. The first-order valence-electron chi connectivity index (χ1n) is 7.14. The number of rotatable bonds is 2. The van der Waals surface area contributed by atoms with Gasteiger partial charge in [-0.15, -0.1) is 0 Å². The number of halogens is 1. The van der Waals surface area contributed by atoms with Crippen LogP contribution in [0.2, 0.25) is 5.02 Å². The van der Waals surface area contributed by atoms with Gasteiger partial charge in [-0.1, -0.05) is 17.7 Å². The topological polar surface area (TPSA) is 75.7 Å². The van der Waals surface area contributed by atoms with Crippen molar-refractivity contribution in [3.05, 3.63) is 41.4 Å². The number of nitrogens with one attached hydrogen (secondary N) is 2. The number of aromatic nitrogens is 4. The molecule has 1 atom stereocenters. The number of aromatic amines is 1. The van der Waals surface area contributed by atoms with Crippen LogP contribution in [0.25, 0.3) is 11.2 Å². The van der Waals surface area contributed by atoms with Crippen molar-refractivity contribution < 1.29 is 4.74 Å². The van der Waals surface area contributed by atoms with E-state index in [1.54, 1.807) is 6.33 Å². The molecule has 1 aromatic carbocycles. The van der Waals surface area contributed by atoms with E-state index in [2.05, 4.69) is 25.3 Å². The van der Waals surface area contributed by atoms with Crippen LogP contribution >= 0.6 is 11.6 Å². The molecular formula is C15H14ClN5O. The lowest BCUT2D eigenvalue weighted by molar-refractivity contribution is 0.316. The molecule has 1 aliphatic heterocycles. The average molecular weight is 316 g/mol. The third kappa shape index (κ3) is 2.35. The van der Waals surface area contributed by atoms with Crippen LogP contribution in [0.5, 0.6) is 5.75 Å². The molecule has 0 saturated carbocycles. The highest BCUT2D eigenvalue weighted by molar-refractivity contribution is 6.30. The molecule has 2 N–H and O–H groups in total. The van der Waals surface area contributed by atoms with Crippen LogP contribution in [0.1, 0.15) is 24.4 Å². The summed E-state index contributed by atoms with van der Waals surface area (Å²) in [5.41, 5.74) is 2.55. The molecule has 0 bridgehead atoms. The number of nitrogens with zero attached hydrogens (tertiary/aromatic N) is 3. The third-order valence-corrected chi connectivity index (χ3v) is 4.01. The second-order valence-corrected chi connectivity index (χ2v) is 5.63. The predicted molar refractivity (Wildman–Crippen MR) is 84.2 cm³/mol. The van der Waals surface area contributed by atoms with Crippen LogP contribution in [0, 0.1) is 0 Å². The lowest BCUT2D eigenvalue weighted by Gasteiger charge is -2.19. The molecule has 0 aliphatic carbocycles. The maximum atomic E-state index is 6.07. The molecule has 0 spiro atoms. The van der Waals surface area contributed by atoms with Crippen molar-refractivity contribution in [2.24, 2.45) is 0 Å². The van der Waals surface area contributed by atoms with E-state index in [1.807, 2.05) is 18.2 Å². The number of hydrogen-bond donors (Lipinski definition) is 2. The van der Waals surface area contributed by atoms with Gasteiger partial charge in [0.15, 0.2) is 11.5 Å². The molecule has 3 aromatic rings. The fourth-order valence-electron chi connectivity index (χ4n) is 2.74. The maximum Gasteiger partial charge on any atom is 0.182 e. The van der Waals surface area contributed by atoms with E-state index in [0.717, 1.165) is 35.5 Å². The van der Waals surface area contributed by atoms with Crippen LogP contribution in [0.3, 0.4) is 0 Å². The zero-order chi connectivity index (χ0) is 14.9. The Balaban J connectivity index is 1.72. The first-order chi connectivity index (χ1) is 10.8. The molecule has 0 fully saturated rings. The second-order valence-electron chi connectivity index (χ2n) is 5.19. The Kier molecular flexibility index (Phi) is 3.31. The van der Waals surface area contributed by atoms with Gasteiger partial charge >= 0.3 is 0 Å². The molecule has 2 aromatic heterocycles. The van der Waals surface area contributed by atoms with Crippen LogP contribution in [-0.2, 0) is 0 Å². The highest BCUT2D eigenvalue weighted by Crippen LogP contribution is 2.35. The van der Waals surface area contributed by atoms with Gasteiger partial charge in [-0.2, -0.15) is 0 Å². The molecule has 4 rings (SSSR count). The zero-order valence-corrected chi connectivity index (χ0v) is 12.5. The minimum atomic E-state index is 0.108. The van der Waals surface area contributed by atoms with E-state index >= 15 is 0 Å². The van der Waals surface area contributed by atoms with E-state index in [0.29, 0.717) is 17.3 Å². The van der Waals surface area contributed by atoms with Crippen molar-refractivity contribution in [2.75, 3.05) is 11.9 Å². The van der Waals surface area contributed by atoms with Gasteiger partial charge in [0.05, 0.1) is 19.0 Å². The highest BCUT2D eigenvalue weighted by Gasteiger charge is 2.21. The number of imidazole rings is 1. The van der Waals surface area contributed by atoms with E-state index in [-0.39, 0.29) is 6.04 Å². The lowest BCUT2D eigenvalue weighted by atomic mass is 10.0. The Bertz CT molecular complexity index is 819. The maximum absolute atomic E-state index is 6.07. The fraction of sp³-hybridized carbons (Fsp3) is 0.267. The summed E-state index contributed by atoms with van der Waals surface area (Å²) in [7, 11) is 0. The van der Waals surface area contributed by atoms with Crippen molar-refractivity contribution in [2.45, 2.75) is 18.9 Å².